The normalized spacial score (nSPS) is 28.6. The number of nitrogens with two attached hydrogens (primary N) is 1. The molecule has 34 heavy (non-hydrogen) atoms. The zero-order valence-electron chi connectivity index (χ0n) is 18.5. The van der Waals surface area contributed by atoms with Crippen LogP contribution < -0.4 is 5.73 Å². The Labute approximate surface area is 194 Å². The first kappa shape index (κ1) is 22.1. The third-order valence-corrected chi connectivity index (χ3v) is 7.47. The largest absolute Gasteiger partial charge is 0.511 e. The van der Waals surface area contributed by atoms with Gasteiger partial charge in [-0.2, -0.15) is 0 Å². The highest BCUT2D eigenvalue weighted by atomic mass is 16.3. The van der Waals surface area contributed by atoms with Crippen molar-refractivity contribution in [1.29, 1.82) is 0 Å². The van der Waals surface area contributed by atoms with Gasteiger partial charge in [0.25, 0.3) is 5.91 Å². The van der Waals surface area contributed by atoms with Crippen LogP contribution in [0.25, 0.3) is 5.70 Å². The first-order valence-corrected chi connectivity index (χ1v) is 11.1. The molecule has 4 aliphatic rings. The fourth-order valence-corrected chi connectivity index (χ4v) is 5.81. The Morgan fingerprint density at radius 3 is 2.59 bits per heavy atom. The molecule has 0 saturated heterocycles. The number of hydrogen-bond acceptors (Lipinski definition) is 8. The predicted octanol–water partition coefficient (Wildman–Crippen LogP) is 2.18. The molecule has 0 unspecified atom stereocenters. The van der Waals surface area contributed by atoms with Gasteiger partial charge in [0.2, 0.25) is 5.78 Å². The lowest BCUT2D eigenvalue weighted by atomic mass is 9.60. The smallest absolute Gasteiger partial charge is 0.255 e. The number of aliphatic hydroxyl groups excluding tert-OH is 2. The Hall–Kier alpha value is -3.72. The molecule has 0 saturated carbocycles. The van der Waals surface area contributed by atoms with Crippen LogP contribution >= 0.6 is 0 Å². The van der Waals surface area contributed by atoms with Crippen molar-refractivity contribution >= 4 is 29.4 Å². The van der Waals surface area contributed by atoms with Gasteiger partial charge in [0.05, 0.1) is 11.3 Å². The Balaban J connectivity index is 1.69. The van der Waals surface area contributed by atoms with Gasteiger partial charge in [-0.15, -0.1) is 0 Å². The van der Waals surface area contributed by atoms with Crippen LogP contribution in [-0.2, 0) is 16.0 Å². The number of rotatable bonds is 2. The van der Waals surface area contributed by atoms with Crippen LogP contribution in [-0.4, -0.2) is 49.7 Å². The topological polar surface area (TPSA) is 171 Å². The number of phenols is 1. The molecule has 0 bridgehead atoms. The molecule has 1 amide bonds. The molecule has 1 heterocycles. The van der Waals surface area contributed by atoms with E-state index in [4.69, 9.17) is 5.73 Å². The molecule has 9 heteroatoms. The highest BCUT2D eigenvalue weighted by molar-refractivity contribution is 6.24. The maximum absolute atomic E-state index is 13.6. The molecule has 1 aliphatic heterocycles. The van der Waals surface area contributed by atoms with E-state index in [2.05, 4.69) is 4.99 Å². The average molecular weight is 464 g/mol. The van der Waals surface area contributed by atoms with Crippen LogP contribution in [0.2, 0.25) is 0 Å². The number of phenolic OH excluding ortho intramolecular Hbond substituents is 1. The van der Waals surface area contributed by atoms with Crippen LogP contribution in [0.15, 0.2) is 45.4 Å². The summed E-state index contributed by atoms with van der Waals surface area (Å²) in [6, 6.07) is 3.11. The van der Waals surface area contributed by atoms with Gasteiger partial charge in [0, 0.05) is 29.7 Å². The molecular formula is C25H24N2O7. The van der Waals surface area contributed by atoms with Gasteiger partial charge < -0.3 is 26.2 Å². The van der Waals surface area contributed by atoms with E-state index in [0.717, 1.165) is 24.1 Å². The molecule has 1 aromatic carbocycles. The summed E-state index contributed by atoms with van der Waals surface area (Å²) in [7, 11) is 0. The minimum Gasteiger partial charge on any atom is -0.511 e. The molecule has 5 rings (SSSR count). The van der Waals surface area contributed by atoms with Crippen molar-refractivity contribution < 1.29 is 34.8 Å². The Morgan fingerprint density at radius 1 is 1.18 bits per heavy atom. The van der Waals surface area contributed by atoms with Gasteiger partial charge in [0.1, 0.15) is 22.8 Å². The molecule has 176 valence electrons. The second-order valence-electron chi connectivity index (χ2n) is 9.38. The van der Waals surface area contributed by atoms with E-state index in [1.165, 1.54) is 6.07 Å². The molecule has 3 atom stereocenters. The second-order valence-corrected chi connectivity index (χ2v) is 9.38. The summed E-state index contributed by atoms with van der Waals surface area (Å²) in [4.78, 5) is 42.8. The minimum atomic E-state index is -2.56. The lowest BCUT2D eigenvalue weighted by Crippen LogP contribution is -2.57. The number of amides is 1. The third kappa shape index (κ3) is 2.83. The Kier molecular flexibility index (Phi) is 4.80. The van der Waals surface area contributed by atoms with Crippen molar-refractivity contribution in [1.82, 2.24) is 0 Å². The number of carbonyl (C=O) groups excluding carboxylic acids is 3. The number of fused-ring (bicyclic) bond motifs is 3. The van der Waals surface area contributed by atoms with Gasteiger partial charge >= 0.3 is 0 Å². The molecule has 0 spiro atoms. The number of nitrogens with zero attached hydrogens (tertiary/aromatic N) is 1. The molecular weight excluding hydrogens is 440 g/mol. The highest BCUT2D eigenvalue weighted by Gasteiger charge is 2.59. The SMILES string of the molecule is CC1=C(c2ccc(O)c3c2C[C@H]2C[C@H]4CC(O)=C(C(N)=O)C(=O)[C@@]4(O)C(O)=C2C3=O)N=CCC1. The van der Waals surface area contributed by atoms with Crippen molar-refractivity contribution in [3.8, 4) is 5.75 Å². The number of allylic oxidation sites excluding steroid dienone is 3. The summed E-state index contributed by atoms with van der Waals surface area (Å²) in [6.07, 6.45) is 3.54. The highest BCUT2D eigenvalue weighted by Crippen LogP contribution is 2.52. The Morgan fingerprint density at radius 2 is 1.91 bits per heavy atom. The third-order valence-electron chi connectivity index (χ3n) is 7.47. The van der Waals surface area contributed by atoms with Crippen molar-refractivity contribution in [2.24, 2.45) is 22.6 Å². The van der Waals surface area contributed by atoms with Gasteiger partial charge in [-0.05, 0) is 61.8 Å². The van der Waals surface area contributed by atoms with Crippen molar-refractivity contribution in [3.05, 3.63) is 57.1 Å². The zero-order chi connectivity index (χ0) is 24.5. The first-order valence-electron chi connectivity index (χ1n) is 11.1. The monoisotopic (exact) mass is 464 g/mol. The Bertz CT molecular complexity index is 1320. The van der Waals surface area contributed by atoms with E-state index < -0.39 is 52.0 Å². The van der Waals surface area contributed by atoms with Gasteiger partial charge in [-0.1, -0.05) is 0 Å². The van der Waals surface area contributed by atoms with Crippen LogP contribution in [0, 0.1) is 11.8 Å². The maximum atomic E-state index is 13.6. The van der Waals surface area contributed by atoms with Crippen molar-refractivity contribution in [2.75, 3.05) is 0 Å². The zero-order valence-corrected chi connectivity index (χ0v) is 18.5. The first-order chi connectivity index (χ1) is 16.1. The van der Waals surface area contributed by atoms with E-state index in [-0.39, 0.29) is 36.1 Å². The average Bonchev–Trinajstić information content (AvgIpc) is 2.77. The fourth-order valence-electron chi connectivity index (χ4n) is 5.81. The van der Waals surface area contributed by atoms with Crippen LogP contribution in [0.5, 0.6) is 5.75 Å². The van der Waals surface area contributed by atoms with Gasteiger partial charge in [0.15, 0.2) is 11.4 Å². The summed E-state index contributed by atoms with van der Waals surface area (Å²) >= 11 is 0. The summed E-state index contributed by atoms with van der Waals surface area (Å²) < 4.78 is 0. The maximum Gasteiger partial charge on any atom is 0.255 e. The number of Topliss-reactive ketones (excluding diaryl/α,β-unsaturated/α-hetero) is 2. The van der Waals surface area contributed by atoms with Crippen LogP contribution in [0.3, 0.4) is 0 Å². The molecule has 0 aromatic heterocycles. The summed E-state index contributed by atoms with van der Waals surface area (Å²) in [5.41, 5.74) is 4.79. The van der Waals surface area contributed by atoms with Crippen molar-refractivity contribution in [2.45, 2.75) is 44.6 Å². The lowest BCUT2D eigenvalue weighted by Gasteiger charge is -2.45. The molecule has 9 nitrogen and oxygen atoms in total. The summed E-state index contributed by atoms with van der Waals surface area (Å²) in [5.74, 6) is -6.35. The minimum absolute atomic E-state index is 0.00445. The van der Waals surface area contributed by atoms with Crippen molar-refractivity contribution in [3.63, 3.8) is 0 Å². The number of hydrogen-bond donors (Lipinski definition) is 5. The summed E-state index contributed by atoms with van der Waals surface area (Å²) in [6.45, 7) is 1.96. The number of primary amides is 1. The van der Waals surface area contributed by atoms with Gasteiger partial charge in [-0.25, -0.2) is 0 Å². The predicted molar refractivity (Wildman–Crippen MR) is 121 cm³/mol. The number of ketones is 2. The molecule has 6 N–H and O–H groups in total. The number of carbonyl (C=O) groups is 3. The van der Waals surface area contributed by atoms with E-state index in [0.29, 0.717) is 11.1 Å². The van der Waals surface area contributed by atoms with E-state index >= 15 is 0 Å². The number of benzene rings is 1. The van der Waals surface area contributed by atoms with E-state index in [9.17, 15) is 34.8 Å². The van der Waals surface area contributed by atoms with E-state index in [1.807, 2.05) is 13.1 Å². The quantitative estimate of drug-likeness (QED) is 0.417. The summed E-state index contributed by atoms with van der Waals surface area (Å²) in [5, 5.41) is 43.2. The lowest BCUT2D eigenvalue weighted by molar-refractivity contribution is -0.144. The van der Waals surface area contributed by atoms with Gasteiger partial charge in [-0.3, -0.25) is 19.4 Å². The molecule has 1 aromatic rings. The number of aliphatic imine (C=N–C) groups is 1. The fraction of sp³-hybridized carbons (Fsp3) is 0.360. The molecule has 0 fully saturated rings. The van der Waals surface area contributed by atoms with Crippen LogP contribution in [0.4, 0.5) is 0 Å². The number of aromatic hydroxyl groups is 1. The number of aliphatic hydroxyl groups is 3. The van der Waals surface area contributed by atoms with E-state index in [1.54, 1.807) is 6.07 Å². The molecule has 3 aliphatic carbocycles. The molecule has 0 radical (unpaired) electrons. The van der Waals surface area contributed by atoms with Crippen LogP contribution in [0.1, 0.15) is 54.1 Å². The standard InChI is InChI=1S/C25H24N2O7/c1-10-3-2-6-27-20(10)13-4-5-15(28)18-14(13)8-11-7-12-9-16(29)19(24(26)33)23(32)25(12,34)22(31)17(11)21(18)30/h4-6,11-12,28-29,31,34H,2-3,7-9H2,1H3,(H2,26,33)/t11-,12+,25+/m1/s1. The second kappa shape index (κ2) is 7.39.